The Kier molecular flexibility index (Phi) is 2.36. The lowest BCUT2D eigenvalue weighted by atomic mass is 9.86. The number of aromatic nitrogens is 1. The quantitative estimate of drug-likeness (QED) is 0.324. The summed E-state index contributed by atoms with van der Waals surface area (Å²) in [6.07, 6.45) is 0.967. The summed E-state index contributed by atoms with van der Waals surface area (Å²) in [5.74, 6) is 0. The van der Waals surface area contributed by atoms with E-state index in [0.717, 1.165) is 12.3 Å². The van der Waals surface area contributed by atoms with Gasteiger partial charge < -0.3 is 10.0 Å². The van der Waals surface area contributed by atoms with Crippen molar-refractivity contribution in [1.29, 1.82) is 0 Å². The van der Waals surface area contributed by atoms with Crippen molar-refractivity contribution in [3.8, 4) is 0 Å². The Balaban J connectivity index is 2.93. The molecule has 0 amide bonds. The Labute approximate surface area is 67.8 Å². The van der Waals surface area contributed by atoms with Crippen LogP contribution in [0.4, 0.5) is 5.69 Å². The van der Waals surface area contributed by atoms with Gasteiger partial charge in [-0.3, -0.25) is 15.1 Å². The molecule has 0 unspecified atom stereocenters. The van der Waals surface area contributed by atoms with E-state index < -0.39 is 12.0 Å². The van der Waals surface area contributed by atoms with Crippen LogP contribution < -0.4 is 5.59 Å². The van der Waals surface area contributed by atoms with Crippen LogP contribution in [0.2, 0.25) is 0 Å². The summed E-state index contributed by atoms with van der Waals surface area (Å²) in [7, 11) is -1.69. The maximum absolute atomic E-state index is 10.1. The van der Waals surface area contributed by atoms with E-state index in [1.165, 1.54) is 6.07 Å². The fourth-order valence-electron chi connectivity index (χ4n) is 0.658. The van der Waals surface area contributed by atoms with Crippen LogP contribution in [0.25, 0.3) is 0 Å². The SMILES string of the molecule is O=[N+]([O-])c1ccc(B(O)O)nc1. The second-order valence-electron chi connectivity index (χ2n) is 2.07. The highest BCUT2D eigenvalue weighted by molar-refractivity contribution is 6.57. The maximum Gasteiger partial charge on any atom is 0.508 e. The van der Waals surface area contributed by atoms with E-state index in [2.05, 4.69) is 4.98 Å². The molecule has 2 N–H and O–H groups in total. The number of nitro groups is 1. The van der Waals surface area contributed by atoms with E-state index in [1.807, 2.05) is 0 Å². The van der Waals surface area contributed by atoms with E-state index in [4.69, 9.17) is 10.0 Å². The van der Waals surface area contributed by atoms with Gasteiger partial charge in [-0.15, -0.1) is 0 Å². The molecule has 0 spiro atoms. The average Bonchev–Trinajstić information content (AvgIpc) is 2.04. The monoisotopic (exact) mass is 168 g/mol. The van der Waals surface area contributed by atoms with Crippen molar-refractivity contribution in [3.63, 3.8) is 0 Å². The maximum atomic E-state index is 10.1. The number of rotatable bonds is 2. The Bertz CT molecular complexity index is 286. The molecular formula is C5H5BN2O4. The van der Waals surface area contributed by atoms with Crippen molar-refractivity contribution in [3.05, 3.63) is 28.4 Å². The van der Waals surface area contributed by atoms with Crippen LogP contribution in [0.1, 0.15) is 0 Å². The molecule has 0 aliphatic heterocycles. The lowest BCUT2D eigenvalue weighted by Crippen LogP contribution is -2.32. The van der Waals surface area contributed by atoms with Crippen LogP contribution in [-0.4, -0.2) is 27.1 Å². The largest absolute Gasteiger partial charge is 0.508 e. The zero-order valence-electron chi connectivity index (χ0n) is 5.91. The first-order valence-electron chi connectivity index (χ1n) is 3.07. The molecule has 0 aliphatic carbocycles. The van der Waals surface area contributed by atoms with E-state index in [9.17, 15) is 10.1 Å². The Morgan fingerprint density at radius 3 is 2.50 bits per heavy atom. The lowest BCUT2D eigenvalue weighted by Gasteiger charge is -1.95. The molecule has 0 aliphatic rings. The van der Waals surface area contributed by atoms with Crippen LogP contribution in [-0.2, 0) is 0 Å². The summed E-state index contributed by atoms with van der Waals surface area (Å²) in [5, 5.41) is 27.3. The molecule has 1 rings (SSSR count). The average molecular weight is 168 g/mol. The van der Waals surface area contributed by atoms with Gasteiger partial charge in [-0.2, -0.15) is 0 Å². The predicted molar refractivity (Wildman–Crippen MR) is 40.7 cm³/mol. The van der Waals surface area contributed by atoms with Crippen LogP contribution >= 0.6 is 0 Å². The first-order valence-corrected chi connectivity index (χ1v) is 3.07. The summed E-state index contributed by atoms with van der Waals surface area (Å²) in [6.45, 7) is 0. The van der Waals surface area contributed by atoms with Crippen LogP contribution in [0, 0.1) is 10.1 Å². The highest BCUT2D eigenvalue weighted by Crippen LogP contribution is 2.04. The van der Waals surface area contributed by atoms with Gasteiger partial charge in [0, 0.05) is 6.07 Å². The van der Waals surface area contributed by atoms with E-state index in [1.54, 1.807) is 0 Å². The minimum Gasteiger partial charge on any atom is -0.422 e. The molecule has 0 saturated heterocycles. The summed E-state index contributed by atoms with van der Waals surface area (Å²) in [4.78, 5) is 13.0. The topological polar surface area (TPSA) is 96.5 Å². The Hall–Kier alpha value is -1.47. The molecule has 12 heavy (non-hydrogen) atoms. The number of nitrogens with zero attached hydrogens (tertiary/aromatic N) is 2. The van der Waals surface area contributed by atoms with E-state index in [-0.39, 0.29) is 11.3 Å². The lowest BCUT2D eigenvalue weighted by molar-refractivity contribution is -0.385. The zero-order chi connectivity index (χ0) is 9.14. The molecule has 1 aromatic rings. The van der Waals surface area contributed by atoms with E-state index >= 15 is 0 Å². The summed E-state index contributed by atoms with van der Waals surface area (Å²) in [5.41, 5.74) is -0.194. The fraction of sp³-hybridized carbons (Fsp3) is 0. The normalized spacial score (nSPS) is 9.50. The Morgan fingerprint density at radius 1 is 1.50 bits per heavy atom. The van der Waals surface area contributed by atoms with E-state index in [0.29, 0.717) is 0 Å². The minimum absolute atomic E-state index is 0.0133. The molecule has 1 aromatic heterocycles. The van der Waals surface area contributed by atoms with Crippen LogP contribution in [0.5, 0.6) is 0 Å². The smallest absolute Gasteiger partial charge is 0.422 e. The fourth-order valence-corrected chi connectivity index (χ4v) is 0.658. The third-order valence-electron chi connectivity index (χ3n) is 1.25. The van der Waals surface area contributed by atoms with Gasteiger partial charge in [-0.25, -0.2) is 0 Å². The second kappa shape index (κ2) is 3.29. The van der Waals surface area contributed by atoms with Crippen LogP contribution in [0.3, 0.4) is 0 Å². The molecule has 0 aromatic carbocycles. The van der Waals surface area contributed by atoms with Gasteiger partial charge in [-0.1, -0.05) is 0 Å². The molecule has 6 nitrogen and oxygen atoms in total. The standard InChI is InChI=1S/C5H5BN2O4/c9-6(10)5-2-1-4(3-7-5)8(11)12/h1-3,9-10H. The van der Waals surface area contributed by atoms with Crippen molar-refractivity contribution in [2.75, 3.05) is 0 Å². The van der Waals surface area contributed by atoms with Gasteiger partial charge in [0.25, 0.3) is 5.69 Å². The molecule has 0 saturated carbocycles. The van der Waals surface area contributed by atoms with Crippen molar-refractivity contribution in [2.45, 2.75) is 0 Å². The van der Waals surface area contributed by atoms with Crippen molar-refractivity contribution >= 4 is 18.4 Å². The van der Waals surface area contributed by atoms with Gasteiger partial charge in [0.1, 0.15) is 6.20 Å². The third-order valence-corrected chi connectivity index (χ3v) is 1.25. The van der Waals surface area contributed by atoms with Gasteiger partial charge in [0.2, 0.25) is 0 Å². The predicted octanol–water partition coefficient (Wildman–Crippen LogP) is -1.33. The summed E-state index contributed by atoms with van der Waals surface area (Å²) >= 11 is 0. The van der Waals surface area contributed by atoms with Gasteiger partial charge in [0.05, 0.1) is 10.5 Å². The first kappa shape index (κ1) is 8.63. The molecule has 62 valence electrons. The first-order chi connectivity index (χ1) is 5.61. The minimum atomic E-state index is -1.69. The van der Waals surface area contributed by atoms with Crippen LogP contribution in [0.15, 0.2) is 18.3 Å². The highest BCUT2D eigenvalue weighted by Gasteiger charge is 2.14. The number of pyridine rings is 1. The van der Waals surface area contributed by atoms with Crippen molar-refractivity contribution in [1.82, 2.24) is 4.98 Å². The third kappa shape index (κ3) is 1.77. The molecule has 0 fully saturated rings. The molecule has 0 bridgehead atoms. The number of hydrogen-bond donors (Lipinski definition) is 2. The highest BCUT2D eigenvalue weighted by atomic mass is 16.6. The molecular weight excluding hydrogens is 163 g/mol. The summed E-state index contributed by atoms with van der Waals surface area (Å²) < 4.78 is 0. The Morgan fingerprint density at radius 2 is 2.17 bits per heavy atom. The molecule has 1 heterocycles. The van der Waals surface area contributed by atoms with Gasteiger partial charge in [0.15, 0.2) is 0 Å². The van der Waals surface area contributed by atoms with Gasteiger partial charge >= 0.3 is 7.12 Å². The second-order valence-corrected chi connectivity index (χ2v) is 2.07. The molecule has 7 heteroatoms. The molecule has 0 atom stereocenters. The molecule has 0 radical (unpaired) electrons. The summed E-state index contributed by atoms with van der Waals surface area (Å²) in [6, 6.07) is 2.34. The van der Waals surface area contributed by atoms with Crippen molar-refractivity contribution < 1.29 is 15.0 Å². The van der Waals surface area contributed by atoms with Crippen molar-refractivity contribution in [2.24, 2.45) is 0 Å². The number of hydrogen-bond acceptors (Lipinski definition) is 5. The zero-order valence-corrected chi connectivity index (χ0v) is 5.91. The van der Waals surface area contributed by atoms with Gasteiger partial charge in [-0.05, 0) is 6.07 Å².